The molecular formula is C15H22ClNOS. The Morgan fingerprint density at radius 1 is 1.42 bits per heavy atom. The van der Waals surface area contributed by atoms with E-state index in [2.05, 4.69) is 17.4 Å². The Hall–Kier alpha value is -0.220. The van der Waals surface area contributed by atoms with Gasteiger partial charge in [-0.05, 0) is 49.6 Å². The summed E-state index contributed by atoms with van der Waals surface area (Å²) >= 11 is 7.61. The molecule has 2 atom stereocenters. The summed E-state index contributed by atoms with van der Waals surface area (Å²) in [6, 6.07) is 8.39. The van der Waals surface area contributed by atoms with Crippen LogP contribution in [0.4, 0.5) is 0 Å². The first-order valence-corrected chi connectivity index (χ1v) is 8.49. The lowest BCUT2D eigenvalue weighted by Crippen LogP contribution is -2.41. The van der Waals surface area contributed by atoms with Crippen molar-refractivity contribution in [2.75, 3.05) is 18.6 Å². The predicted molar refractivity (Wildman–Crippen MR) is 83.9 cm³/mol. The van der Waals surface area contributed by atoms with Gasteiger partial charge in [0, 0.05) is 23.4 Å². The fraction of sp³-hybridized carbons (Fsp3) is 0.600. The molecule has 2 N–H and O–H groups in total. The van der Waals surface area contributed by atoms with Gasteiger partial charge in [-0.15, -0.1) is 0 Å². The molecule has 1 saturated carbocycles. The van der Waals surface area contributed by atoms with E-state index in [-0.39, 0.29) is 0 Å². The molecule has 0 aliphatic heterocycles. The molecular weight excluding hydrogens is 278 g/mol. The van der Waals surface area contributed by atoms with Gasteiger partial charge in [-0.2, -0.15) is 11.8 Å². The van der Waals surface area contributed by atoms with Crippen molar-refractivity contribution in [1.82, 2.24) is 5.32 Å². The Morgan fingerprint density at radius 3 is 2.58 bits per heavy atom. The molecule has 2 unspecified atom stereocenters. The van der Waals surface area contributed by atoms with Gasteiger partial charge < -0.3 is 10.4 Å². The molecule has 106 valence electrons. The highest BCUT2D eigenvalue weighted by molar-refractivity contribution is 7.98. The Kier molecular flexibility index (Phi) is 5.18. The van der Waals surface area contributed by atoms with Crippen LogP contribution >= 0.6 is 23.4 Å². The molecule has 1 aliphatic carbocycles. The second kappa shape index (κ2) is 6.49. The maximum atomic E-state index is 10.3. The lowest BCUT2D eigenvalue weighted by molar-refractivity contribution is 0.0804. The van der Waals surface area contributed by atoms with Gasteiger partial charge in [0.15, 0.2) is 0 Å². The molecule has 0 saturated heterocycles. The van der Waals surface area contributed by atoms with Gasteiger partial charge >= 0.3 is 0 Å². The third-order valence-electron chi connectivity index (χ3n) is 3.48. The first kappa shape index (κ1) is 15.2. The summed E-state index contributed by atoms with van der Waals surface area (Å²) < 4.78 is 0. The fourth-order valence-corrected chi connectivity index (χ4v) is 3.20. The minimum Gasteiger partial charge on any atom is -0.388 e. The summed E-state index contributed by atoms with van der Waals surface area (Å²) in [6.07, 6.45) is 4.56. The van der Waals surface area contributed by atoms with Gasteiger partial charge in [0.1, 0.15) is 0 Å². The molecule has 1 aromatic carbocycles. The minimum atomic E-state index is -0.654. The SMILES string of the molecule is CSCC(C)(O)CNC(c1ccc(Cl)cc1)C1CC1. The van der Waals surface area contributed by atoms with E-state index in [0.29, 0.717) is 18.5 Å². The van der Waals surface area contributed by atoms with Crippen molar-refractivity contribution in [2.45, 2.75) is 31.4 Å². The number of benzene rings is 1. The van der Waals surface area contributed by atoms with Gasteiger partial charge in [0.25, 0.3) is 0 Å². The molecule has 19 heavy (non-hydrogen) atoms. The number of aliphatic hydroxyl groups is 1. The van der Waals surface area contributed by atoms with Crippen molar-refractivity contribution in [3.8, 4) is 0 Å². The highest BCUT2D eigenvalue weighted by Crippen LogP contribution is 2.41. The van der Waals surface area contributed by atoms with E-state index >= 15 is 0 Å². The van der Waals surface area contributed by atoms with Gasteiger partial charge in [-0.3, -0.25) is 0 Å². The van der Waals surface area contributed by atoms with Crippen molar-refractivity contribution in [2.24, 2.45) is 5.92 Å². The van der Waals surface area contributed by atoms with Crippen LogP contribution < -0.4 is 5.32 Å². The Labute approximate surface area is 124 Å². The average Bonchev–Trinajstić information content (AvgIpc) is 3.16. The van der Waals surface area contributed by atoms with E-state index in [4.69, 9.17) is 11.6 Å². The highest BCUT2D eigenvalue weighted by atomic mass is 35.5. The first-order chi connectivity index (χ1) is 9.02. The second-order valence-corrected chi connectivity index (χ2v) is 6.98. The van der Waals surface area contributed by atoms with Crippen molar-refractivity contribution in [3.05, 3.63) is 34.9 Å². The third-order valence-corrected chi connectivity index (χ3v) is 4.64. The summed E-state index contributed by atoms with van der Waals surface area (Å²) in [5.41, 5.74) is 0.616. The largest absolute Gasteiger partial charge is 0.388 e. The summed E-state index contributed by atoms with van der Waals surface area (Å²) in [5.74, 6) is 1.45. The number of nitrogens with one attached hydrogen (secondary N) is 1. The van der Waals surface area contributed by atoms with Crippen LogP contribution in [0.25, 0.3) is 0 Å². The van der Waals surface area contributed by atoms with Crippen molar-refractivity contribution >= 4 is 23.4 Å². The van der Waals surface area contributed by atoms with E-state index in [0.717, 1.165) is 10.8 Å². The molecule has 1 aromatic rings. The van der Waals surface area contributed by atoms with E-state index < -0.39 is 5.60 Å². The molecule has 2 nitrogen and oxygen atoms in total. The lowest BCUT2D eigenvalue weighted by atomic mass is 10.0. The van der Waals surface area contributed by atoms with Crippen LogP contribution in [0.2, 0.25) is 5.02 Å². The summed E-state index contributed by atoms with van der Waals surface area (Å²) in [6.45, 7) is 2.51. The third kappa shape index (κ3) is 4.67. The molecule has 0 aromatic heterocycles. The maximum absolute atomic E-state index is 10.3. The summed E-state index contributed by atoms with van der Waals surface area (Å²) in [5, 5.41) is 14.6. The lowest BCUT2D eigenvalue weighted by Gasteiger charge is -2.27. The van der Waals surface area contributed by atoms with E-state index in [1.165, 1.54) is 18.4 Å². The summed E-state index contributed by atoms with van der Waals surface area (Å²) in [7, 11) is 0. The van der Waals surface area contributed by atoms with Crippen molar-refractivity contribution in [1.29, 1.82) is 0 Å². The van der Waals surface area contributed by atoms with Crippen molar-refractivity contribution < 1.29 is 5.11 Å². The standard InChI is InChI=1S/C15H22ClNOS/c1-15(18,10-19-2)9-17-14(11-3-4-11)12-5-7-13(16)8-6-12/h5-8,11,14,17-18H,3-4,9-10H2,1-2H3. The van der Waals surface area contributed by atoms with Gasteiger partial charge in [-0.25, -0.2) is 0 Å². The topological polar surface area (TPSA) is 32.3 Å². The molecule has 0 spiro atoms. The first-order valence-electron chi connectivity index (χ1n) is 6.72. The Morgan fingerprint density at radius 2 is 2.05 bits per heavy atom. The Balaban J connectivity index is 1.99. The van der Waals surface area contributed by atoms with Gasteiger partial charge in [0.2, 0.25) is 0 Å². The normalized spacial score (nSPS) is 20.0. The van der Waals surface area contributed by atoms with E-state index in [1.54, 1.807) is 11.8 Å². The molecule has 0 bridgehead atoms. The average molecular weight is 300 g/mol. The molecule has 2 rings (SSSR count). The Bertz CT molecular complexity index is 403. The van der Waals surface area contributed by atoms with E-state index in [1.807, 2.05) is 25.3 Å². The predicted octanol–water partition coefficient (Wildman–Crippen LogP) is 3.49. The zero-order chi connectivity index (χ0) is 13.9. The quantitative estimate of drug-likeness (QED) is 0.808. The monoisotopic (exact) mass is 299 g/mol. The number of hydrogen-bond donors (Lipinski definition) is 2. The number of rotatable bonds is 7. The molecule has 4 heteroatoms. The van der Waals surface area contributed by atoms with Crippen LogP contribution in [0.15, 0.2) is 24.3 Å². The van der Waals surface area contributed by atoms with Gasteiger partial charge in [-0.1, -0.05) is 23.7 Å². The molecule has 0 heterocycles. The molecule has 1 aliphatic rings. The van der Waals surface area contributed by atoms with Crippen LogP contribution in [0, 0.1) is 5.92 Å². The fourth-order valence-electron chi connectivity index (χ4n) is 2.35. The molecule has 0 radical (unpaired) electrons. The van der Waals surface area contributed by atoms with Crippen LogP contribution in [0.1, 0.15) is 31.4 Å². The number of halogens is 1. The summed E-state index contributed by atoms with van der Waals surface area (Å²) in [4.78, 5) is 0. The number of thioether (sulfide) groups is 1. The van der Waals surface area contributed by atoms with Crippen LogP contribution in [0.3, 0.4) is 0 Å². The van der Waals surface area contributed by atoms with Crippen LogP contribution in [-0.4, -0.2) is 29.3 Å². The second-order valence-electron chi connectivity index (χ2n) is 5.68. The molecule has 0 amide bonds. The van der Waals surface area contributed by atoms with E-state index in [9.17, 15) is 5.11 Å². The smallest absolute Gasteiger partial charge is 0.0833 e. The van der Waals surface area contributed by atoms with Crippen LogP contribution in [-0.2, 0) is 0 Å². The van der Waals surface area contributed by atoms with Gasteiger partial charge in [0.05, 0.1) is 5.60 Å². The zero-order valence-corrected chi connectivity index (χ0v) is 13.1. The highest BCUT2D eigenvalue weighted by Gasteiger charge is 2.33. The molecule has 1 fully saturated rings. The zero-order valence-electron chi connectivity index (χ0n) is 11.5. The minimum absolute atomic E-state index is 0.339. The van der Waals surface area contributed by atoms with Crippen LogP contribution in [0.5, 0.6) is 0 Å². The van der Waals surface area contributed by atoms with Crippen molar-refractivity contribution in [3.63, 3.8) is 0 Å². The number of hydrogen-bond acceptors (Lipinski definition) is 3. The maximum Gasteiger partial charge on any atom is 0.0833 e.